The number of hydrogen-bond donors (Lipinski definition) is 0. The van der Waals surface area contributed by atoms with E-state index in [9.17, 15) is 4.79 Å². The Bertz CT molecular complexity index is 340. The molecule has 1 rings (SSSR count). The summed E-state index contributed by atoms with van der Waals surface area (Å²) in [6.07, 6.45) is 6.30. The number of ether oxygens (including phenoxy) is 1. The van der Waals surface area contributed by atoms with Gasteiger partial charge in [0.25, 0.3) is 0 Å². The summed E-state index contributed by atoms with van der Waals surface area (Å²) in [5, 5.41) is 0. The largest absolute Gasteiger partial charge is 0.481 e. The van der Waals surface area contributed by atoms with Crippen LogP contribution in [-0.4, -0.2) is 22.9 Å². The molecule has 0 aliphatic carbocycles. The third-order valence-corrected chi connectivity index (χ3v) is 2.39. The van der Waals surface area contributed by atoms with Gasteiger partial charge in [0.05, 0.1) is 7.11 Å². The van der Waals surface area contributed by atoms with Crippen molar-refractivity contribution in [1.82, 2.24) is 9.97 Å². The lowest BCUT2D eigenvalue weighted by Gasteiger charge is -2.02. The van der Waals surface area contributed by atoms with Crippen LogP contribution in [0.2, 0.25) is 0 Å². The van der Waals surface area contributed by atoms with Crippen molar-refractivity contribution in [2.45, 2.75) is 39.0 Å². The van der Waals surface area contributed by atoms with Crippen molar-refractivity contribution >= 4 is 5.78 Å². The molecule has 0 aromatic carbocycles. The van der Waals surface area contributed by atoms with Gasteiger partial charge in [0, 0.05) is 12.5 Å². The van der Waals surface area contributed by atoms with Gasteiger partial charge >= 0.3 is 0 Å². The van der Waals surface area contributed by atoms with Crippen LogP contribution in [0.15, 0.2) is 12.4 Å². The van der Waals surface area contributed by atoms with Gasteiger partial charge in [0.15, 0.2) is 5.78 Å². The van der Waals surface area contributed by atoms with Crippen LogP contribution in [0.25, 0.3) is 0 Å². The van der Waals surface area contributed by atoms with Crippen molar-refractivity contribution in [3.05, 3.63) is 18.1 Å². The van der Waals surface area contributed by atoms with Crippen molar-refractivity contribution in [2.24, 2.45) is 0 Å². The quantitative estimate of drug-likeness (QED) is 0.525. The molecule has 0 bridgehead atoms. The average Bonchev–Trinajstić information content (AvgIpc) is 2.34. The van der Waals surface area contributed by atoms with Gasteiger partial charge in [0.2, 0.25) is 5.88 Å². The standard InChI is InChI=1S/C12H18N2O2/c1-3-4-5-6-7-11(15)10-8-12(16-2)14-9-13-10/h8-9H,3-7H2,1-2H3. The molecule has 1 aromatic rings. The van der Waals surface area contributed by atoms with Gasteiger partial charge in [-0.3, -0.25) is 4.79 Å². The van der Waals surface area contributed by atoms with E-state index in [1.54, 1.807) is 6.07 Å². The van der Waals surface area contributed by atoms with Gasteiger partial charge in [-0.2, -0.15) is 0 Å². The normalized spacial score (nSPS) is 10.1. The Hall–Kier alpha value is -1.45. The molecule has 88 valence electrons. The van der Waals surface area contributed by atoms with E-state index in [0.717, 1.165) is 12.8 Å². The Labute approximate surface area is 96.1 Å². The molecule has 0 spiro atoms. The molecule has 1 heterocycles. The predicted molar refractivity (Wildman–Crippen MR) is 61.7 cm³/mol. The zero-order valence-electron chi connectivity index (χ0n) is 9.90. The lowest BCUT2D eigenvalue weighted by atomic mass is 10.1. The Balaban J connectivity index is 2.46. The maximum Gasteiger partial charge on any atom is 0.216 e. The number of carbonyl (C=O) groups is 1. The highest BCUT2D eigenvalue weighted by molar-refractivity contribution is 5.94. The minimum Gasteiger partial charge on any atom is -0.481 e. The maximum absolute atomic E-state index is 11.7. The molecule has 1 aromatic heterocycles. The molecule has 0 saturated carbocycles. The first kappa shape index (κ1) is 12.6. The highest BCUT2D eigenvalue weighted by Gasteiger charge is 2.08. The smallest absolute Gasteiger partial charge is 0.216 e. The molecule has 0 saturated heterocycles. The number of rotatable bonds is 7. The summed E-state index contributed by atoms with van der Waals surface area (Å²) in [6, 6.07) is 1.59. The number of hydrogen-bond acceptors (Lipinski definition) is 4. The van der Waals surface area contributed by atoms with E-state index in [-0.39, 0.29) is 5.78 Å². The molecule has 4 nitrogen and oxygen atoms in total. The number of carbonyl (C=O) groups excluding carboxylic acids is 1. The van der Waals surface area contributed by atoms with Crippen LogP contribution in [-0.2, 0) is 0 Å². The Kier molecular flexibility index (Phi) is 5.46. The summed E-state index contributed by atoms with van der Waals surface area (Å²) in [4.78, 5) is 19.5. The van der Waals surface area contributed by atoms with Crippen molar-refractivity contribution in [3.8, 4) is 5.88 Å². The van der Waals surface area contributed by atoms with Gasteiger partial charge in [-0.25, -0.2) is 9.97 Å². The lowest BCUT2D eigenvalue weighted by molar-refractivity contribution is 0.0973. The fourth-order valence-corrected chi connectivity index (χ4v) is 1.44. The average molecular weight is 222 g/mol. The topological polar surface area (TPSA) is 52.1 Å². The molecule has 0 aliphatic heterocycles. The second-order valence-electron chi connectivity index (χ2n) is 3.68. The summed E-state index contributed by atoms with van der Waals surface area (Å²) in [6.45, 7) is 2.15. The van der Waals surface area contributed by atoms with E-state index in [4.69, 9.17) is 4.74 Å². The fraction of sp³-hybridized carbons (Fsp3) is 0.583. The lowest BCUT2D eigenvalue weighted by Crippen LogP contribution is -2.03. The molecule has 0 aliphatic rings. The van der Waals surface area contributed by atoms with Crippen molar-refractivity contribution in [2.75, 3.05) is 7.11 Å². The summed E-state index contributed by atoms with van der Waals surface area (Å²) >= 11 is 0. The zero-order chi connectivity index (χ0) is 11.8. The minimum absolute atomic E-state index is 0.0665. The van der Waals surface area contributed by atoms with E-state index in [0.29, 0.717) is 18.0 Å². The predicted octanol–water partition coefficient (Wildman–Crippen LogP) is 2.64. The zero-order valence-corrected chi connectivity index (χ0v) is 9.90. The minimum atomic E-state index is 0.0665. The first-order valence-electron chi connectivity index (χ1n) is 5.67. The second kappa shape index (κ2) is 6.93. The summed E-state index contributed by atoms with van der Waals surface area (Å²) in [5.41, 5.74) is 0.448. The first-order valence-corrected chi connectivity index (χ1v) is 5.67. The number of aromatic nitrogens is 2. The van der Waals surface area contributed by atoms with Gasteiger partial charge in [-0.1, -0.05) is 26.2 Å². The number of methoxy groups -OCH3 is 1. The molecule has 0 amide bonds. The van der Waals surface area contributed by atoms with E-state index in [2.05, 4.69) is 16.9 Å². The molecule has 0 N–H and O–H groups in total. The Morgan fingerprint density at radius 2 is 2.12 bits per heavy atom. The van der Waals surface area contributed by atoms with Crippen LogP contribution in [0.1, 0.15) is 49.5 Å². The molecule has 0 radical (unpaired) electrons. The van der Waals surface area contributed by atoms with Gasteiger partial charge in [-0.15, -0.1) is 0 Å². The number of Topliss-reactive ketones (excluding diaryl/α,β-unsaturated/α-hetero) is 1. The van der Waals surface area contributed by atoms with Crippen LogP contribution in [0, 0.1) is 0 Å². The van der Waals surface area contributed by atoms with Crippen molar-refractivity contribution < 1.29 is 9.53 Å². The van der Waals surface area contributed by atoms with Crippen LogP contribution in [0.4, 0.5) is 0 Å². The molecule has 0 unspecified atom stereocenters. The van der Waals surface area contributed by atoms with Gasteiger partial charge in [-0.05, 0) is 6.42 Å². The van der Waals surface area contributed by atoms with E-state index in [1.165, 1.54) is 26.3 Å². The molecule has 4 heteroatoms. The third-order valence-electron chi connectivity index (χ3n) is 2.39. The van der Waals surface area contributed by atoms with E-state index in [1.807, 2.05) is 0 Å². The monoisotopic (exact) mass is 222 g/mol. The Morgan fingerprint density at radius 3 is 2.81 bits per heavy atom. The number of unbranched alkanes of at least 4 members (excludes halogenated alkanes) is 3. The molecule has 0 fully saturated rings. The molecule has 0 atom stereocenters. The molecular formula is C12H18N2O2. The van der Waals surface area contributed by atoms with Gasteiger partial charge in [0.1, 0.15) is 12.0 Å². The maximum atomic E-state index is 11.7. The fourth-order valence-electron chi connectivity index (χ4n) is 1.44. The SMILES string of the molecule is CCCCCCC(=O)c1cc(OC)ncn1. The summed E-state index contributed by atoms with van der Waals surface area (Å²) in [5.74, 6) is 0.503. The van der Waals surface area contributed by atoms with Crippen molar-refractivity contribution in [3.63, 3.8) is 0 Å². The third kappa shape index (κ3) is 3.96. The first-order chi connectivity index (χ1) is 7.77. The number of nitrogens with zero attached hydrogens (tertiary/aromatic N) is 2. The van der Waals surface area contributed by atoms with Crippen LogP contribution >= 0.6 is 0 Å². The Morgan fingerprint density at radius 1 is 1.31 bits per heavy atom. The second-order valence-corrected chi connectivity index (χ2v) is 3.68. The van der Waals surface area contributed by atoms with Crippen LogP contribution in [0.5, 0.6) is 5.88 Å². The van der Waals surface area contributed by atoms with E-state index < -0.39 is 0 Å². The van der Waals surface area contributed by atoms with E-state index >= 15 is 0 Å². The van der Waals surface area contributed by atoms with Crippen LogP contribution in [0.3, 0.4) is 0 Å². The van der Waals surface area contributed by atoms with Crippen molar-refractivity contribution in [1.29, 1.82) is 0 Å². The molecular weight excluding hydrogens is 204 g/mol. The van der Waals surface area contributed by atoms with Crippen LogP contribution < -0.4 is 4.74 Å². The highest BCUT2D eigenvalue weighted by atomic mass is 16.5. The number of ketones is 1. The summed E-state index contributed by atoms with van der Waals surface area (Å²) in [7, 11) is 1.53. The summed E-state index contributed by atoms with van der Waals surface area (Å²) < 4.78 is 4.94. The molecule has 16 heavy (non-hydrogen) atoms. The highest BCUT2D eigenvalue weighted by Crippen LogP contribution is 2.10. The van der Waals surface area contributed by atoms with Gasteiger partial charge < -0.3 is 4.74 Å².